The minimum atomic E-state index is 0.559. The molecular weight excluding hydrogens is 242 g/mol. The predicted octanol–water partition coefficient (Wildman–Crippen LogP) is 5.26. The van der Waals surface area contributed by atoms with E-state index in [0.717, 1.165) is 18.9 Å². The third-order valence-electron chi connectivity index (χ3n) is 4.72. The second-order valence-electron chi connectivity index (χ2n) is 6.34. The van der Waals surface area contributed by atoms with Crippen LogP contribution in [0, 0.1) is 5.92 Å². The third kappa shape index (κ3) is 4.63. The van der Waals surface area contributed by atoms with Crippen LogP contribution < -0.4 is 5.32 Å². The van der Waals surface area contributed by atoms with Gasteiger partial charge in [0.25, 0.3) is 0 Å². The molecule has 0 saturated heterocycles. The first-order valence-electron chi connectivity index (χ1n) is 8.65. The highest BCUT2D eigenvalue weighted by Crippen LogP contribution is 2.32. The van der Waals surface area contributed by atoms with Gasteiger partial charge < -0.3 is 5.32 Å². The zero-order chi connectivity index (χ0) is 14.2. The van der Waals surface area contributed by atoms with Crippen LogP contribution in [0.1, 0.15) is 76.0 Å². The van der Waals surface area contributed by atoms with Gasteiger partial charge in [0.1, 0.15) is 0 Å². The summed E-state index contributed by atoms with van der Waals surface area (Å²) in [6.07, 6.45) is 10.9. The van der Waals surface area contributed by atoms with Crippen LogP contribution in [0.25, 0.3) is 0 Å². The molecule has 1 atom stereocenters. The maximum atomic E-state index is 3.77. The Balaban J connectivity index is 2.00. The Labute approximate surface area is 125 Å². The van der Waals surface area contributed by atoms with Gasteiger partial charge in [0.05, 0.1) is 0 Å². The van der Waals surface area contributed by atoms with E-state index in [9.17, 15) is 0 Å². The van der Waals surface area contributed by atoms with Crippen molar-refractivity contribution in [3.05, 3.63) is 35.4 Å². The lowest BCUT2D eigenvalue weighted by Crippen LogP contribution is -2.25. The first kappa shape index (κ1) is 15.6. The lowest BCUT2D eigenvalue weighted by Gasteiger charge is -2.27. The summed E-state index contributed by atoms with van der Waals surface area (Å²) in [7, 11) is 0. The van der Waals surface area contributed by atoms with E-state index in [-0.39, 0.29) is 0 Å². The molecule has 1 aliphatic rings. The van der Waals surface area contributed by atoms with Crippen LogP contribution in [0.3, 0.4) is 0 Å². The summed E-state index contributed by atoms with van der Waals surface area (Å²) < 4.78 is 0. The largest absolute Gasteiger partial charge is 0.310 e. The maximum absolute atomic E-state index is 3.77. The molecule has 112 valence electrons. The quantitative estimate of drug-likeness (QED) is 0.714. The normalized spacial score (nSPS) is 18.1. The van der Waals surface area contributed by atoms with Gasteiger partial charge >= 0.3 is 0 Å². The monoisotopic (exact) mass is 273 g/mol. The SMILES string of the molecule is CCCNC(CC1CCCCC1)c1ccc(CC)cc1. The Morgan fingerprint density at radius 1 is 1.05 bits per heavy atom. The molecule has 1 fully saturated rings. The summed E-state index contributed by atoms with van der Waals surface area (Å²) in [4.78, 5) is 0. The van der Waals surface area contributed by atoms with Gasteiger partial charge in [-0.05, 0) is 42.9 Å². The molecule has 1 N–H and O–H groups in total. The van der Waals surface area contributed by atoms with Crippen molar-refractivity contribution in [1.82, 2.24) is 5.32 Å². The second kappa shape index (κ2) is 8.46. The molecule has 1 aromatic carbocycles. The van der Waals surface area contributed by atoms with Gasteiger partial charge in [0.15, 0.2) is 0 Å². The fourth-order valence-corrected chi connectivity index (χ4v) is 3.40. The van der Waals surface area contributed by atoms with E-state index < -0.39 is 0 Å². The molecule has 1 aliphatic carbocycles. The molecule has 0 amide bonds. The Hall–Kier alpha value is -0.820. The molecule has 1 nitrogen and oxygen atoms in total. The average molecular weight is 273 g/mol. The van der Waals surface area contributed by atoms with Crippen molar-refractivity contribution in [3.8, 4) is 0 Å². The van der Waals surface area contributed by atoms with Crippen LogP contribution >= 0.6 is 0 Å². The van der Waals surface area contributed by atoms with Gasteiger partial charge in [-0.15, -0.1) is 0 Å². The van der Waals surface area contributed by atoms with Crippen LogP contribution in [-0.2, 0) is 6.42 Å². The van der Waals surface area contributed by atoms with Gasteiger partial charge in [0, 0.05) is 6.04 Å². The summed E-state index contributed by atoms with van der Waals surface area (Å²) >= 11 is 0. The molecule has 1 saturated carbocycles. The Bertz CT molecular complexity index is 362. The molecule has 0 aromatic heterocycles. The highest BCUT2D eigenvalue weighted by molar-refractivity contribution is 5.25. The molecule has 0 bridgehead atoms. The molecule has 2 rings (SSSR count). The fourth-order valence-electron chi connectivity index (χ4n) is 3.40. The molecular formula is C19H31N. The van der Waals surface area contributed by atoms with Crippen LogP contribution in [0.4, 0.5) is 0 Å². The summed E-state index contributed by atoms with van der Waals surface area (Å²) in [5, 5.41) is 3.77. The smallest absolute Gasteiger partial charge is 0.0322 e. The van der Waals surface area contributed by atoms with Crippen molar-refractivity contribution in [3.63, 3.8) is 0 Å². The highest BCUT2D eigenvalue weighted by Gasteiger charge is 2.19. The van der Waals surface area contributed by atoms with Gasteiger partial charge in [0.2, 0.25) is 0 Å². The van der Waals surface area contributed by atoms with E-state index in [0.29, 0.717) is 6.04 Å². The number of benzene rings is 1. The summed E-state index contributed by atoms with van der Waals surface area (Å²) in [5.41, 5.74) is 2.93. The molecule has 0 spiro atoms. The Morgan fingerprint density at radius 3 is 2.35 bits per heavy atom. The predicted molar refractivity (Wildman–Crippen MR) is 88.0 cm³/mol. The summed E-state index contributed by atoms with van der Waals surface area (Å²) in [6, 6.07) is 9.85. The van der Waals surface area contributed by atoms with Gasteiger partial charge in [-0.25, -0.2) is 0 Å². The van der Waals surface area contributed by atoms with Crippen LogP contribution in [0.15, 0.2) is 24.3 Å². The fraction of sp³-hybridized carbons (Fsp3) is 0.684. The van der Waals surface area contributed by atoms with Crippen molar-refractivity contribution in [1.29, 1.82) is 0 Å². The van der Waals surface area contributed by atoms with Gasteiger partial charge in [-0.3, -0.25) is 0 Å². The zero-order valence-electron chi connectivity index (χ0n) is 13.3. The molecule has 1 unspecified atom stereocenters. The lowest BCUT2D eigenvalue weighted by atomic mass is 9.83. The zero-order valence-corrected chi connectivity index (χ0v) is 13.3. The van der Waals surface area contributed by atoms with E-state index in [2.05, 4.69) is 43.4 Å². The van der Waals surface area contributed by atoms with Crippen molar-refractivity contribution in [2.24, 2.45) is 5.92 Å². The van der Waals surface area contributed by atoms with Gasteiger partial charge in [-0.1, -0.05) is 70.2 Å². The molecule has 1 aromatic rings. The van der Waals surface area contributed by atoms with E-state index in [4.69, 9.17) is 0 Å². The topological polar surface area (TPSA) is 12.0 Å². The molecule has 0 heterocycles. The average Bonchev–Trinajstić information content (AvgIpc) is 2.52. The molecule has 1 heteroatoms. The van der Waals surface area contributed by atoms with E-state index in [1.165, 1.54) is 56.1 Å². The van der Waals surface area contributed by atoms with Crippen molar-refractivity contribution in [2.45, 2.75) is 71.3 Å². The van der Waals surface area contributed by atoms with Crippen LogP contribution in [0.2, 0.25) is 0 Å². The Kier molecular flexibility index (Phi) is 6.59. The van der Waals surface area contributed by atoms with E-state index >= 15 is 0 Å². The number of hydrogen-bond donors (Lipinski definition) is 1. The number of hydrogen-bond acceptors (Lipinski definition) is 1. The highest BCUT2D eigenvalue weighted by atomic mass is 14.9. The van der Waals surface area contributed by atoms with Gasteiger partial charge in [-0.2, -0.15) is 0 Å². The number of aryl methyl sites for hydroxylation is 1. The van der Waals surface area contributed by atoms with Crippen LogP contribution in [0.5, 0.6) is 0 Å². The maximum Gasteiger partial charge on any atom is 0.0322 e. The molecule has 20 heavy (non-hydrogen) atoms. The molecule has 0 radical (unpaired) electrons. The summed E-state index contributed by atoms with van der Waals surface area (Å²) in [5.74, 6) is 0.934. The third-order valence-corrected chi connectivity index (χ3v) is 4.72. The van der Waals surface area contributed by atoms with E-state index in [1.807, 2.05) is 0 Å². The van der Waals surface area contributed by atoms with Crippen molar-refractivity contribution < 1.29 is 0 Å². The summed E-state index contributed by atoms with van der Waals surface area (Å²) in [6.45, 7) is 5.61. The van der Waals surface area contributed by atoms with E-state index in [1.54, 1.807) is 0 Å². The number of rotatable bonds is 7. The second-order valence-corrected chi connectivity index (χ2v) is 6.34. The van der Waals surface area contributed by atoms with Crippen molar-refractivity contribution in [2.75, 3.05) is 6.54 Å². The Morgan fingerprint density at radius 2 is 1.75 bits per heavy atom. The lowest BCUT2D eigenvalue weighted by molar-refractivity contribution is 0.300. The van der Waals surface area contributed by atoms with Crippen molar-refractivity contribution >= 4 is 0 Å². The minimum absolute atomic E-state index is 0.559. The first-order valence-corrected chi connectivity index (χ1v) is 8.65. The molecule has 0 aliphatic heterocycles. The minimum Gasteiger partial charge on any atom is -0.310 e. The first-order chi connectivity index (χ1) is 9.83. The number of nitrogens with one attached hydrogen (secondary N) is 1. The standard InChI is InChI=1S/C19H31N/c1-3-14-20-19(15-17-8-6-5-7-9-17)18-12-10-16(4-2)11-13-18/h10-13,17,19-20H,3-9,14-15H2,1-2H3. The van der Waals surface area contributed by atoms with Crippen LogP contribution in [-0.4, -0.2) is 6.54 Å².